The number of hydrogen-bond acceptors (Lipinski definition) is 3. The highest BCUT2D eigenvalue weighted by Gasteiger charge is 2.63. The molecule has 2 aromatic carbocycles. The molecule has 0 aliphatic heterocycles. The summed E-state index contributed by atoms with van der Waals surface area (Å²) < 4.78 is 38.7. The van der Waals surface area contributed by atoms with Crippen LogP contribution in [0.25, 0.3) is 0 Å². The molecule has 7 heteroatoms. The van der Waals surface area contributed by atoms with E-state index >= 15 is 0 Å². The summed E-state index contributed by atoms with van der Waals surface area (Å²) in [5.41, 5.74) is 0.375. The van der Waals surface area contributed by atoms with E-state index in [0.29, 0.717) is 10.6 Å². The van der Waals surface area contributed by atoms with Crippen molar-refractivity contribution >= 4 is 27.4 Å². The van der Waals surface area contributed by atoms with E-state index in [1.54, 1.807) is 6.07 Å². The van der Waals surface area contributed by atoms with Crippen LogP contribution in [0.15, 0.2) is 53.4 Å². The second kappa shape index (κ2) is 5.62. The van der Waals surface area contributed by atoms with Gasteiger partial charge in [-0.2, -0.15) is 0 Å². The zero-order valence-electron chi connectivity index (χ0n) is 11.7. The second-order valence-corrected chi connectivity index (χ2v) is 7.95. The first-order valence-corrected chi connectivity index (χ1v) is 8.72. The van der Waals surface area contributed by atoms with Gasteiger partial charge in [0.15, 0.2) is 9.84 Å². The topological polar surface area (TPSA) is 71.4 Å². The predicted molar refractivity (Wildman–Crippen MR) is 82.7 cm³/mol. The molecule has 0 unspecified atom stereocenters. The average Bonchev–Trinajstić information content (AvgIpc) is 3.24. The molecule has 2 aromatic rings. The SMILES string of the molecule is O=C(O)[C@H]1[C@H](c2cccc(F)c2)[C@@H]1S(=O)(=O)c1ccc(Cl)cc1. The van der Waals surface area contributed by atoms with Gasteiger partial charge in [0, 0.05) is 10.9 Å². The summed E-state index contributed by atoms with van der Waals surface area (Å²) in [5, 5.41) is 8.58. The van der Waals surface area contributed by atoms with Gasteiger partial charge in [-0.1, -0.05) is 23.7 Å². The lowest BCUT2D eigenvalue weighted by molar-refractivity contribution is -0.138. The lowest BCUT2D eigenvalue weighted by atomic mass is 10.1. The zero-order chi connectivity index (χ0) is 16.8. The van der Waals surface area contributed by atoms with Gasteiger partial charge in [-0.3, -0.25) is 4.79 Å². The van der Waals surface area contributed by atoms with E-state index in [1.807, 2.05) is 0 Å². The smallest absolute Gasteiger partial charge is 0.308 e. The monoisotopic (exact) mass is 354 g/mol. The van der Waals surface area contributed by atoms with Crippen LogP contribution in [0.3, 0.4) is 0 Å². The largest absolute Gasteiger partial charge is 0.481 e. The van der Waals surface area contributed by atoms with Crippen LogP contribution in [0.4, 0.5) is 4.39 Å². The molecule has 1 aliphatic rings. The number of benzene rings is 2. The summed E-state index contributed by atoms with van der Waals surface area (Å²) in [7, 11) is -3.85. The molecule has 0 amide bonds. The highest BCUT2D eigenvalue weighted by molar-refractivity contribution is 7.92. The number of sulfone groups is 1. The van der Waals surface area contributed by atoms with E-state index in [1.165, 1.54) is 42.5 Å². The first kappa shape index (κ1) is 16.0. The Bertz CT molecular complexity index is 864. The summed E-state index contributed by atoms with van der Waals surface area (Å²) in [6, 6.07) is 10.9. The fourth-order valence-electron chi connectivity index (χ4n) is 2.86. The van der Waals surface area contributed by atoms with Crippen LogP contribution >= 0.6 is 11.6 Å². The molecule has 4 nitrogen and oxygen atoms in total. The Morgan fingerprint density at radius 2 is 1.78 bits per heavy atom. The lowest BCUT2D eigenvalue weighted by Crippen LogP contribution is -2.13. The summed E-state index contributed by atoms with van der Waals surface area (Å²) >= 11 is 5.75. The number of carbonyl (C=O) groups is 1. The van der Waals surface area contributed by atoms with Gasteiger partial charge in [0.05, 0.1) is 16.1 Å². The van der Waals surface area contributed by atoms with Crippen LogP contribution in [-0.2, 0) is 14.6 Å². The Labute approximate surface area is 137 Å². The molecule has 0 aromatic heterocycles. The van der Waals surface area contributed by atoms with Gasteiger partial charge in [-0.15, -0.1) is 0 Å². The number of halogens is 2. The van der Waals surface area contributed by atoms with Crippen molar-refractivity contribution in [3.63, 3.8) is 0 Å². The van der Waals surface area contributed by atoms with Crippen molar-refractivity contribution in [1.82, 2.24) is 0 Å². The number of rotatable bonds is 4. The maximum atomic E-state index is 13.4. The Hall–Kier alpha value is -1.92. The molecule has 0 spiro atoms. The van der Waals surface area contributed by atoms with Gasteiger partial charge in [0.2, 0.25) is 0 Å². The second-order valence-electron chi connectivity index (χ2n) is 5.41. The van der Waals surface area contributed by atoms with Gasteiger partial charge in [0.1, 0.15) is 5.82 Å². The molecule has 1 aliphatic carbocycles. The molecular formula is C16H12ClFO4S. The minimum Gasteiger partial charge on any atom is -0.481 e. The maximum absolute atomic E-state index is 13.4. The summed E-state index contributed by atoms with van der Waals surface area (Å²) in [6.45, 7) is 0. The van der Waals surface area contributed by atoms with E-state index in [2.05, 4.69) is 0 Å². The highest BCUT2D eigenvalue weighted by Crippen LogP contribution is 2.54. The molecule has 1 saturated carbocycles. The molecule has 0 saturated heterocycles. The first-order chi connectivity index (χ1) is 10.8. The fourth-order valence-corrected chi connectivity index (χ4v) is 5.10. The third-order valence-corrected chi connectivity index (χ3v) is 6.46. The van der Waals surface area contributed by atoms with Gasteiger partial charge in [-0.05, 0) is 42.0 Å². The van der Waals surface area contributed by atoms with Crippen molar-refractivity contribution in [2.24, 2.45) is 5.92 Å². The summed E-state index contributed by atoms with van der Waals surface area (Å²) in [5.74, 6) is -3.58. The molecule has 0 heterocycles. The number of carboxylic acids is 1. The van der Waals surface area contributed by atoms with Crippen LogP contribution < -0.4 is 0 Å². The van der Waals surface area contributed by atoms with Gasteiger partial charge in [-0.25, -0.2) is 12.8 Å². The zero-order valence-corrected chi connectivity index (χ0v) is 13.3. The molecule has 120 valence electrons. The minimum atomic E-state index is -3.85. The number of carboxylic acid groups (broad SMARTS) is 1. The molecule has 1 N–H and O–H groups in total. The quantitative estimate of drug-likeness (QED) is 0.915. The van der Waals surface area contributed by atoms with Crippen molar-refractivity contribution in [2.45, 2.75) is 16.1 Å². The van der Waals surface area contributed by atoms with Crippen molar-refractivity contribution in [3.8, 4) is 0 Å². The van der Waals surface area contributed by atoms with Crippen LogP contribution in [0.1, 0.15) is 11.5 Å². The fraction of sp³-hybridized carbons (Fsp3) is 0.188. The minimum absolute atomic E-state index is 0.0112. The normalized spacial score (nSPS) is 23.5. The van der Waals surface area contributed by atoms with Crippen LogP contribution in [-0.4, -0.2) is 24.7 Å². The number of aliphatic carboxylic acids is 1. The van der Waals surface area contributed by atoms with Crippen molar-refractivity contribution in [3.05, 3.63) is 64.9 Å². The maximum Gasteiger partial charge on any atom is 0.308 e. The summed E-state index contributed by atoms with van der Waals surface area (Å²) in [4.78, 5) is 11.4. The molecular weight excluding hydrogens is 343 g/mol. The van der Waals surface area contributed by atoms with Crippen LogP contribution in [0, 0.1) is 11.7 Å². The van der Waals surface area contributed by atoms with E-state index in [-0.39, 0.29) is 4.90 Å². The molecule has 1 fully saturated rings. The van der Waals surface area contributed by atoms with E-state index < -0.39 is 38.7 Å². The van der Waals surface area contributed by atoms with Crippen molar-refractivity contribution < 1.29 is 22.7 Å². The Morgan fingerprint density at radius 1 is 1.13 bits per heavy atom. The van der Waals surface area contributed by atoms with E-state index in [0.717, 1.165) is 0 Å². The standard InChI is InChI=1S/C16H12ClFO4S/c17-10-4-6-12(7-5-10)23(21,22)15-13(14(15)16(19)20)9-2-1-3-11(18)8-9/h1-8,13-15H,(H,19,20)/t13-,14-,15-/m0/s1. The molecule has 23 heavy (non-hydrogen) atoms. The van der Waals surface area contributed by atoms with Crippen molar-refractivity contribution in [2.75, 3.05) is 0 Å². The van der Waals surface area contributed by atoms with Gasteiger partial charge >= 0.3 is 5.97 Å². The first-order valence-electron chi connectivity index (χ1n) is 6.80. The molecule has 0 bridgehead atoms. The van der Waals surface area contributed by atoms with Gasteiger partial charge in [0.25, 0.3) is 0 Å². The average molecular weight is 355 g/mol. The lowest BCUT2D eigenvalue weighted by Gasteiger charge is -2.04. The predicted octanol–water partition coefficient (Wildman–Crippen LogP) is 3.12. The Morgan fingerprint density at radius 3 is 2.35 bits per heavy atom. The van der Waals surface area contributed by atoms with E-state index in [9.17, 15) is 22.7 Å². The van der Waals surface area contributed by atoms with Crippen LogP contribution in [0.5, 0.6) is 0 Å². The van der Waals surface area contributed by atoms with Crippen molar-refractivity contribution in [1.29, 1.82) is 0 Å². The molecule has 0 radical (unpaired) electrons. The van der Waals surface area contributed by atoms with E-state index in [4.69, 9.17) is 11.6 Å². The third-order valence-electron chi connectivity index (χ3n) is 3.97. The molecule has 3 atom stereocenters. The van der Waals surface area contributed by atoms with Crippen LogP contribution in [0.2, 0.25) is 5.02 Å². The third kappa shape index (κ3) is 2.84. The number of hydrogen-bond donors (Lipinski definition) is 1. The highest BCUT2D eigenvalue weighted by atomic mass is 35.5. The summed E-state index contributed by atoms with van der Waals surface area (Å²) in [6.07, 6.45) is 0. The Kier molecular flexibility index (Phi) is 3.90. The molecule has 3 rings (SSSR count). The van der Waals surface area contributed by atoms with Gasteiger partial charge < -0.3 is 5.11 Å². The Balaban J connectivity index is 2.00.